The first-order valence-electron chi connectivity index (χ1n) is 7.62. The highest BCUT2D eigenvalue weighted by Gasteiger charge is 2.12. The maximum atomic E-state index is 12.2. The Kier molecular flexibility index (Phi) is 6.77. The van der Waals surface area contributed by atoms with E-state index in [4.69, 9.17) is 16.3 Å². The first-order valence-corrected chi connectivity index (χ1v) is 8.00. The van der Waals surface area contributed by atoms with E-state index >= 15 is 0 Å². The van der Waals surface area contributed by atoms with Crippen molar-refractivity contribution in [3.63, 3.8) is 0 Å². The summed E-state index contributed by atoms with van der Waals surface area (Å²) in [4.78, 5) is 23.9. The molecule has 2 aromatic rings. The molecule has 1 amide bonds. The number of anilines is 1. The number of ether oxygens (including phenoxy) is 1. The number of halogens is 1. The lowest BCUT2D eigenvalue weighted by molar-refractivity contribution is -0.117. The molecule has 0 saturated heterocycles. The van der Waals surface area contributed by atoms with Crippen LogP contribution in [0.25, 0.3) is 0 Å². The standard InChI is InChI=1S/C19H16ClN3O3/c1-26-19(25)15-7-3-5-9-17(15)22-12-14(10-21)18(24)23-11-13-6-2-4-8-16(13)20/h2-9,12,22H,11H2,1H3,(H,23,24)/b14-12-. The number of hydrogen-bond donors (Lipinski definition) is 2. The molecular formula is C19H16ClN3O3. The van der Waals surface area contributed by atoms with Crippen molar-refractivity contribution in [2.75, 3.05) is 12.4 Å². The molecule has 0 heterocycles. The molecule has 0 fully saturated rings. The number of nitrogens with zero attached hydrogens (tertiary/aromatic N) is 1. The lowest BCUT2D eigenvalue weighted by Gasteiger charge is -2.09. The Hall–Kier alpha value is -3.30. The van der Waals surface area contributed by atoms with Gasteiger partial charge in [-0.25, -0.2) is 4.79 Å². The minimum Gasteiger partial charge on any atom is -0.465 e. The van der Waals surface area contributed by atoms with Crippen LogP contribution in [0, 0.1) is 11.3 Å². The average molecular weight is 370 g/mol. The van der Waals surface area contributed by atoms with E-state index in [1.807, 2.05) is 6.07 Å². The van der Waals surface area contributed by atoms with Crippen LogP contribution < -0.4 is 10.6 Å². The molecule has 0 aliphatic rings. The van der Waals surface area contributed by atoms with Crippen LogP contribution in [-0.2, 0) is 16.1 Å². The van der Waals surface area contributed by atoms with Gasteiger partial charge in [-0.1, -0.05) is 41.9 Å². The lowest BCUT2D eigenvalue weighted by atomic mass is 10.1. The minimum atomic E-state index is -0.560. The van der Waals surface area contributed by atoms with Crippen LogP contribution >= 0.6 is 11.6 Å². The first-order chi connectivity index (χ1) is 12.6. The summed E-state index contributed by atoms with van der Waals surface area (Å²) < 4.78 is 4.70. The van der Waals surface area contributed by atoms with Crippen LogP contribution in [0.3, 0.4) is 0 Å². The first kappa shape index (κ1) is 19.0. The molecule has 0 unspecified atom stereocenters. The molecule has 6 nitrogen and oxygen atoms in total. The highest BCUT2D eigenvalue weighted by atomic mass is 35.5. The quantitative estimate of drug-likeness (QED) is 0.463. The Morgan fingerprint density at radius 2 is 1.88 bits per heavy atom. The Balaban J connectivity index is 2.09. The molecule has 0 radical (unpaired) electrons. The minimum absolute atomic E-state index is 0.142. The summed E-state index contributed by atoms with van der Waals surface area (Å²) in [6.45, 7) is 0.191. The molecule has 132 valence electrons. The second-order valence-corrected chi connectivity index (χ2v) is 5.53. The summed E-state index contributed by atoms with van der Waals surface area (Å²) in [5, 5.41) is 15.2. The van der Waals surface area contributed by atoms with Crippen LogP contribution in [0.4, 0.5) is 5.69 Å². The van der Waals surface area contributed by atoms with Gasteiger partial charge in [0.05, 0.1) is 18.4 Å². The molecule has 0 aliphatic carbocycles. The monoisotopic (exact) mass is 369 g/mol. The number of rotatable bonds is 6. The fourth-order valence-electron chi connectivity index (χ4n) is 2.11. The van der Waals surface area contributed by atoms with Crippen LogP contribution in [-0.4, -0.2) is 19.0 Å². The van der Waals surface area contributed by atoms with Gasteiger partial charge in [0.25, 0.3) is 5.91 Å². The van der Waals surface area contributed by atoms with Gasteiger partial charge in [-0.15, -0.1) is 0 Å². The largest absolute Gasteiger partial charge is 0.465 e. The van der Waals surface area contributed by atoms with Crippen molar-refractivity contribution in [2.45, 2.75) is 6.54 Å². The highest BCUT2D eigenvalue weighted by Crippen LogP contribution is 2.17. The topological polar surface area (TPSA) is 91.2 Å². The number of hydrogen-bond acceptors (Lipinski definition) is 5. The number of carbonyl (C=O) groups excluding carboxylic acids is 2. The number of esters is 1. The lowest BCUT2D eigenvalue weighted by Crippen LogP contribution is -2.24. The fraction of sp³-hybridized carbons (Fsp3) is 0.105. The summed E-state index contributed by atoms with van der Waals surface area (Å²) in [5.41, 5.74) is 1.31. The zero-order valence-corrected chi connectivity index (χ0v) is 14.7. The molecule has 0 atom stereocenters. The number of carbonyl (C=O) groups is 2. The highest BCUT2D eigenvalue weighted by molar-refractivity contribution is 6.31. The van der Waals surface area contributed by atoms with Crippen molar-refractivity contribution >= 4 is 29.2 Å². The normalized spacial score (nSPS) is 10.6. The van der Waals surface area contributed by atoms with Crippen molar-refractivity contribution in [1.29, 1.82) is 5.26 Å². The molecule has 2 aromatic carbocycles. The third kappa shape index (κ3) is 4.85. The summed E-state index contributed by atoms with van der Waals surface area (Å²) in [5.74, 6) is -1.08. The van der Waals surface area contributed by atoms with E-state index in [2.05, 4.69) is 10.6 Å². The molecule has 0 spiro atoms. The van der Waals surface area contributed by atoms with E-state index in [9.17, 15) is 14.9 Å². The van der Waals surface area contributed by atoms with Crippen molar-refractivity contribution < 1.29 is 14.3 Å². The van der Waals surface area contributed by atoms with Crippen molar-refractivity contribution in [2.24, 2.45) is 0 Å². The molecule has 0 aromatic heterocycles. The van der Waals surface area contributed by atoms with Gasteiger partial charge >= 0.3 is 5.97 Å². The zero-order valence-electron chi connectivity index (χ0n) is 14.0. The summed E-state index contributed by atoms with van der Waals surface area (Å²) in [6, 6.07) is 15.5. The van der Waals surface area contributed by atoms with Crippen LogP contribution in [0.2, 0.25) is 5.02 Å². The number of nitriles is 1. The molecular weight excluding hydrogens is 354 g/mol. The summed E-state index contributed by atoms with van der Waals surface area (Å²) in [6.07, 6.45) is 1.24. The van der Waals surface area contributed by atoms with E-state index in [0.717, 1.165) is 5.56 Å². The SMILES string of the molecule is COC(=O)c1ccccc1N/C=C(/C#N)C(=O)NCc1ccccc1Cl. The van der Waals surface area contributed by atoms with Gasteiger partial charge in [0, 0.05) is 17.8 Å². The Morgan fingerprint density at radius 1 is 1.19 bits per heavy atom. The molecule has 0 bridgehead atoms. The van der Waals surface area contributed by atoms with Gasteiger partial charge in [-0.3, -0.25) is 4.79 Å². The van der Waals surface area contributed by atoms with Crippen molar-refractivity contribution in [3.05, 3.63) is 76.5 Å². The second kappa shape index (κ2) is 9.25. The molecule has 0 saturated carbocycles. The number of methoxy groups -OCH3 is 1. The maximum Gasteiger partial charge on any atom is 0.339 e. The fourth-order valence-corrected chi connectivity index (χ4v) is 2.31. The Labute approximate surface area is 156 Å². The van der Waals surface area contributed by atoms with E-state index in [0.29, 0.717) is 16.3 Å². The van der Waals surface area contributed by atoms with Crippen molar-refractivity contribution in [1.82, 2.24) is 5.32 Å². The van der Waals surface area contributed by atoms with Crippen LogP contribution in [0.1, 0.15) is 15.9 Å². The third-order valence-corrected chi connectivity index (χ3v) is 3.84. The number of benzene rings is 2. The molecule has 2 rings (SSSR count). The van der Waals surface area contributed by atoms with E-state index in [-0.39, 0.29) is 12.1 Å². The van der Waals surface area contributed by atoms with Gasteiger partial charge in [0.2, 0.25) is 0 Å². The smallest absolute Gasteiger partial charge is 0.339 e. The van der Waals surface area contributed by atoms with Crippen LogP contribution in [0.5, 0.6) is 0 Å². The number of nitrogens with one attached hydrogen (secondary N) is 2. The zero-order chi connectivity index (χ0) is 18.9. The van der Waals surface area contributed by atoms with Crippen LogP contribution in [0.15, 0.2) is 60.3 Å². The van der Waals surface area contributed by atoms with Gasteiger partial charge < -0.3 is 15.4 Å². The third-order valence-electron chi connectivity index (χ3n) is 3.47. The number of para-hydroxylation sites is 1. The van der Waals surface area contributed by atoms with Gasteiger partial charge in [0.15, 0.2) is 0 Å². The average Bonchev–Trinajstić information content (AvgIpc) is 2.67. The van der Waals surface area contributed by atoms with Gasteiger partial charge in [0.1, 0.15) is 11.6 Å². The molecule has 2 N–H and O–H groups in total. The van der Waals surface area contributed by atoms with Crippen molar-refractivity contribution in [3.8, 4) is 6.07 Å². The second-order valence-electron chi connectivity index (χ2n) is 5.13. The Bertz CT molecular complexity index is 888. The number of amides is 1. The molecule has 26 heavy (non-hydrogen) atoms. The molecule has 0 aliphatic heterocycles. The van der Waals surface area contributed by atoms with Gasteiger partial charge in [-0.2, -0.15) is 5.26 Å². The predicted molar refractivity (Wildman–Crippen MR) is 98.4 cm³/mol. The van der Waals surface area contributed by atoms with E-state index in [1.54, 1.807) is 48.5 Å². The summed E-state index contributed by atoms with van der Waals surface area (Å²) in [7, 11) is 1.28. The predicted octanol–water partition coefficient (Wildman–Crippen LogP) is 3.26. The summed E-state index contributed by atoms with van der Waals surface area (Å²) >= 11 is 6.04. The van der Waals surface area contributed by atoms with E-state index < -0.39 is 11.9 Å². The van der Waals surface area contributed by atoms with E-state index in [1.165, 1.54) is 13.3 Å². The van der Waals surface area contributed by atoms with Gasteiger partial charge in [-0.05, 0) is 23.8 Å². The molecule has 7 heteroatoms. The maximum absolute atomic E-state index is 12.2. The Morgan fingerprint density at radius 3 is 2.58 bits per heavy atom.